The minimum Gasteiger partial charge on any atom is -0.462 e. The van der Waals surface area contributed by atoms with Crippen LogP contribution in [0.3, 0.4) is 0 Å². The van der Waals surface area contributed by atoms with Crippen LogP contribution in [0.2, 0.25) is 0 Å². The highest BCUT2D eigenvalue weighted by Gasteiger charge is 2.55. The van der Waals surface area contributed by atoms with Crippen molar-refractivity contribution in [2.45, 2.75) is 121 Å². The van der Waals surface area contributed by atoms with Crippen LogP contribution in [-0.4, -0.2) is 87.2 Å². The smallest absolute Gasteiger partial charge is 0.306 e. The molecule has 4 fully saturated rings. The molecule has 5 rings (SSSR count). The molecule has 1 N–H and O–H groups in total. The van der Waals surface area contributed by atoms with Gasteiger partial charge in [-0.05, 0) is 81.5 Å². The van der Waals surface area contributed by atoms with E-state index in [2.05, 4.69) is 12.2 Å². The highest BCUT2D eigenvalue weighted by atomic mass is 16.7. The third-order valence-electron chi connectivity index (χ3n) is 11.2. The number of Topliss-reactive ketones (excluding diaryl/α,β-unsaturated/α-hetero) is 1. The lowest BCUT2D eigenvalue weighted by molar-refractivity contribution is -0.314. The number of carbonyl (C=O) groups excluding carboxylic acids is 2. The molecule has 0 aromatic rings. The highest BCUT2D eigenvalue weighted by Crippen LogP contribution is 2.57. The van der Waals surface area contributed by atoms with E-state index >= 15 is 0 Å². The number of hydrogen-bond acceptors (Lipinski definition) is 9. The van der Waals surface area contributed by atoms with Gasteiger partial charge in [0.05, 0.1) is 18.3 Å². The maximum atomic E-state index is 13.8. The van der Waals surface area contributed by atoms with Crippen LogP contribution in [0, 0.1) is 41.4 Å². The van der Waals surface area contributed by atoms with Gasteiger partial charge in [0.1, 0.15) is 30.2 Å². The van der Waals surface area contributed by atoms with Crippen LogP contribution in [0.1, 0.15) is 72.1 Å². The Labute approximate surface area is 250 Å². The Morgan fingerprint density at radius 3 is 2.33 bits per heavy atom. The van der Waals surface area contributed by atoms with E-state index in [-0.39, 0.29) is 72.4 Å². The van der Waals surface area contributed by atoms with E-state index < -0.39 is 24.4 Å². The molecule has 0 bridgehead atoms. The number of fused-ring (bicyclic) bond motifs is 5. The lowest BCUT2D eigenvalue weighted by Crippen LogP contribution is -2.59. The summed E-state index contributed by atoms with van der Waals surface area (Å²) in [6, 6.07) is 0. The molecule has 0 amide bonds. The molecule has 15 atom stereocenters. The maximum Gasteiger partial charge on any atom is 0.306 e. The molecular formula is C33H52O9. The van der Waals surface area contributed by atoms with Crippen LogP contribution in [0.15, 0.2) is 12.2 Å². The van der Waals surface area contributed by atoms with E-state index in [0.717, 1.165) is 38.5 Å². The summed E-state index contributed by atoms with van der Waals surface area (Å²) in [6.07, 6.45) is 7.45. The number of rotatable bonds is 6. The van der Waals surface area contributed by atoms with Crippen molar-refractivity contribution < 1.29 is 43.1 Å². The first-order valence-corrected chi connectivity index (χ1v) is 16.2. The van der Waals surface area contributed by atoms with Crippen LogP contribution in [0.5, 0.6) is 0 Å². The average molecular weight is 593 g/mol. The summed E-state index contributed by atoms with van der Waals surface area (Å²) in [5.74, 6) is 0.229. The minimum absolute atomic E-state index is 0.0202. The first-order chi connectivity index (χ1) is 20.2. The Kier molecular flexibility index (Phi) is 10.5. The number of allylic oxidation sites excluding steroid dienone is 2. The molecule has 9 heteroatoms. The van der Waals surface area contributed by atoms with Gasteiger partial charge in [-0.25, -0.2) is 0 Å². The van der Waals surface area contributed by atoms with E-state index in [0.29, 0.717) is 18.3 Å². The molecular weight excluding hydrogens is 540 g/mol. The molecule has 5 aliphatic rings. The molecule has 0 spiro atoms. The number of hydrogen-bond donors (Lipinski definition) is 1. The second kappa shape index (κ2) is 13.7. The second-order valence-corrected chi connectivity index (χ2v) is 13.4. The molecule has 2 saturated heterocycles. The van der Waals surface area contributed by atoms with Crippen molar-refractivity contribution in [3.05, 3.63) is 12.2 Å². The Hall–Kier alpha value is -1.36. The molecule has 3 aliphatic carbocycles. The molecule has 2 aliphatic heterocycles. The third kappa shape index (κ3) is 6.24. The van der Waals surface area contributed by atoms with E-state index in [1.165, 1.54) is 0 Å². The van der Waals surface area contributed by atoms with E-state index in [1.807, 2.05) is 20.8 Å². The van der Waals surface area contributed by atoms with Crippen LogP contribution in [0.4, 0.5) is 0 Å². The summed E-state index contributed by atoms with van der Waals surface area (Å²) in [6.45, 7) is 5.86. The van der Waals surface area contributed by atoms with Gasteiger partial charge in [-0.1, -0.05) is 26.0 Å². The lowest BCUT2D eigenvalue weighted by Gasteiger charge is -2.44. The fourth-order valence-corrected chi connectivity index (χ4v) is 8.93. The maximum absolute atomic E-state index is 13.8. The van der Waals surface area contributed by atoms with Gasteiger partial charge >= 0.3 is 5.97 Å². The molecule has 2 heterocycles. The third-order valence-corrected chi connectivity index (χ3v) is 11.2. The number of ketones is 1. The molecule has 42 heavy (non-hydrogen) atoms. The fraction of sp³-hybridized carbons (Fsp3) is 0.879. The molecule has 9 nitrogen and oxygen atoms in total. The van der Waals surface area contributed by atoms with Gasteiger partial charge in [-0.3, -0.25) is 9.59 Å². The van der Waals surface area contributed by atoms with Gasteiger partial charge in [-0.2, -0.15) is 0 Å². The quantitative estimate of drug-likeness (QED) is 0.360. The van der Waals surface area contributed by atoms with E-state index in [4.69, 9.17) is 28.4 Å². The van der Waals surface area contributed by atoms with Crippen molar-refractivity contribution in [3.8, 4) is 0 Å². The number of esters is 1. The highest BCUT2D eigenvalue weighted by molar-refractivity contribution is 5.85. The van der Waals surface area contributed by atoms with Crippen LogP contribution >= 0.6 is 0 Å². The summed E-state index contributed by atoms with van der Waals surface area (Å²) in [4.78, 5) is 27.0. The Morgan fingerprint density at radius 1 is 0.905 bits per heavy atom. The molecule has 2 saturated carbocycles. The van der Waals surface area contributed by atoms with Crippen LogP contribution in [-0.2, 0) is 38.0 Å². The van der Waals surface area contributed by atoms with Crippen molar-refractivity contribution in [2.75, 3.05) is 21.3 Å². The Morgan fingerprint density at radius 2 is 1.64 bits per heavy atom. The van der Waals surface area contributed by atoms with E-state index in [1.54, 1.807) is 21.3 Å². The van der Waals surface area contributed by atoms with Gasteiger partial charge < -0.3 is 33.5 Å². The monoisotopic (exact) mass is 592 g/mol. The summed E-state index contributed by atoms with van der Waals surface area (Å²) >= 11 is 0. The number of cyclic esters (lactones) is 1. The summed E-state index contributed by atoms with van der Waals surface area (Å²) in [5.41, 5.74) is 0. The van der Waals surface area contributed by atoms with Crippen LogP contribution in [0.25, 0.3) is 0 Å². The van der Waals surface area contributed by atoms with Gasteiger partial charge in [0, 0.05) is 39.6 Å². The predicted octanol–water partition coefficient (Wildman–Crippen LogP) is 4.09. The SMILES string of the molecule is CC[C@@H]1CCC[C@H](O)[C@H](C)C(=O)[C@@H]2C[C@@H]3[C@H](C=C[C@@H]4C[C@H](O[C@@H]5O[C@H](C)[C@H](OC)[C@H](OC)[C@@H]5OC)C[C@@H]34)[C@H]2CC(=O)O1. The van der Waals surface area contributed by atoms with Crippen molar-refractivity contribution in [1.29, 1.82) is 0 Å². The predicted molar refractivity (Wildman–Crippen MR) is 154 cm³/mol. The summed E-state index contributed by atoms with van der Waals surface area (Å²) in [7, 11) is 4.95. The van der Waals surface area contributed by atoms with E-state index in [9.17, 15) is 14.7 Å². The number of aliphatic hydroxyl groups excluding tert-OH is 1. The molecule has 238 valence electrons. The normalized spacial score (nSPS) is 48.0. The summed E-state index contributed by atoms with van der Waals surface area (Å²) < 4.78 is 36.0. The van der Waals surface area contributed by atoms with Crippen molar-refractivity contribution in [1.82, 2.24) is 0 Å². The molecule has 0 radical (unpaired) electrons. The summed E-state index contributed by atoms with van der Waals surface area (Å²) in [5, 5.41) is 10.9. The largest absolute Gasteiger partial charge is 0.462 e. The van der Waals surface area contributed by atoms with Crippen molar-refractivity contribution >= 4 is 11.8 Å². The number of carbonyl (C=O) groups is 2. The van der Waals surface area contributed by atoms with Crippen molar-refractivity contribution in [3.63, 3.8) is 0 Å². The zero-order valence-electron chi connectivity index (χ0n) is 26.2. The molecule has 0 aromatic carbocycles. The van der Waals surface area contributed by atoms with Gasteiger partial charge in [0.15, 0.2) is 6.29 Å². The number of ether oxygens (including phenoxy) is 6. The standard InChI is InChI=1S/C33H52O9/c1-7-20-9-8-10-27(34)17(2)29(36)26-15-24-22(25(26)16-28(35)41-20)12-11-19-13-21(14-23(19)24)42-33-32(39-6)31(38-5)30(37-4)18(3)40-33/h11-12,17-27,30-34H,7-10,13-16H2,1-6H3/t17-,18+,19+,20+,21-,22-,23+,24+,25+,26+,27-,30-,31-,32-,33-/m0/s1. The van der Waals surface area contributed by atoms with Crippen molar-refractivity contribution in [2.24, 2.45) is 41.4 Å². The van der Waals surface area contributed by atoms with Gasteiger partial charge in [-0.15, -0.1) is 0 Å². The Balaban J connectivity index is 1.32. The number of aliphatic hydroxyl groups is 1. The average Bonchev–Trinajstić information content (AvgIpc) is 3.55. The van der Waals surface area contributed by atoms with Gasteiger partial charge in [0.25, 0.3) is 0 Å². The second-order valence-electron chi connectivity index (χ2n) is 13.4. The molecule has 0 aromatic heterocycles. The van der Waals surface area contributed by atoms with Gasteiger partial charge in [0.2, 0.25) is 0 Å². The number of methoxy groups -OCH3 is 3. The Bertz CT molecular complexity index is 969. The van der Waals surface area contributed by atoms with Crippen LogP contribution < -0.4 is 0 Å². The first kappa shape index (κ1) is 32.0. The topological polar surface area (TPSA) is 110 Å². The minimum atomic E-state index is -0.666. The zero-order valence-corrected chi connectivity index (χ0v) is 26.2. The first-order valence-electron chi connectivity index (χ1n) is 16.2. The zero-order chi connectivity index (χ0) is 30.1. The molecule has 0 unspecified atom stereocenters. The lowest BCUT2D eigenvalue weighted by atomic mass is 9.71. The fourth-order valence-electron chi connectivity index (χ4n) is 8.93.